The first-order chi connectivity index (χ1) is 9.97. The molecule has 112 valence electrons. The minimum absolute atomic E-state index is 0.115. The summed E-state index contributed by atoms with van der Waals surface area (Å²) in [6.45, 7) is 7.26. The second kappa shape index (κ2) is 6.48. The van der Waals surface area contributed by atoms with E-state index in [1.54, 1.807) is 12.3 Å². The highest BCUT2D eigenvalue weighted by atomic mass is 16.3. The number of nitrogens with one attached hydrogen (secondary N) is 2. The van der Waals surface area contributed by atoms with Crippen LogP contribution >= 0.6 is 0 Å². The van der Waals surface area contributed by atoms with E-state index in [4.69, 9.17) is 4.42 Å². The monoisotopic (exact) mass is 286 g/mol. The van der Waals surface area contributed by atoms with Crippen LogP contribution in [0.4, 0.5) is 4.79 Å². The molecular weight excluding hydrogens is 264 g/mol. The fourth-order valence-corrected chi connectivity index (χ4v) is 2.05. The van der Waals surface area contributed by atoms with E-state index in [1.165, 1.54) is 11.1 Å². The molecule has 0 bridgehead atoms. The Labute approximate surface area is 125 Å². The van der Waals surface area contributed by atoms with Gasteiger partial charge in [-0.15, -0.1) is 0 Å². The molecule has 4 nitrogen and oxygen atoms in total. The molecule has 1 aromatic carbocycles. The fraction of sp³-hybridized carbons (Fsp3) is 0.353. The minimum Gasteiger partial charge on any atom is -0.467 e. The van der Waals surface area contributed by atoms with Crippen LogP contribution in [0.15, 0.2) is 47.1 Å². The van der Waals surface area contributed by atoms with Crippen molar-refractivity contribution in [2.75, 3.05) is 6.54 Å². The normalized spacial score (nSPS) is 11.2. The number of hydrogen-bond acceptors (Lipinski definition) is 2. The van der Waals surface area contributed by atoms with Gasteiger partial charge in [0.1, 0.15) is 5.76 Å². The first kappa shape index (κ1) is 15.2. The van der Waals surface area contributed by atoms with Crippen LogP contribution in [-0.2, 0) is 12.0 Å². The maximum absolute atomic E-state index is 11.8. The smallest absolute Gasteiger partial charge is 0.315 e. The van der Waals surface area contributed by atoms with E-state index < -0.39 is 0 Å². The maximum atomic E-state index is 11.8. The highest BCUT2D eigenvalue weighted by Crippen LogP contribution is 2.22. The number of urea groups is 1. The molecule has 2 N–H and O–H groups in total. The molecule has 0 radical (unpaired) electrons. The van der Waals surface area contributed by atoms with Gasteiger partial charge < -0.3 is 15.1 Å². The van der Waals surface area contributed by atoms with Gasteiger partial charge in [-0.2, -0.15) is 0 Å². The molecule has 2 amide bonds. The summed E-state index contributed by atoms with van der Waals surface area (Å²) in [5, 5.41) is 5.68. The Morgan fingerprint density at radius 3 is 2.48 bits per heavy atom. The highest BCUT2D eigenvalue weighted by molar-refractivity contribution is 5.73. The Balaban J connectivity index is 1.83. The molecule has 2 rings (SSSR count). The van der Waals surface area contributed by atoms with Crippen molar-refractivity contribution in [1.82, 2.24) is 10.6 Å². The maximum Gasteiger partial charge on any atom is 0.315 e. The summed E-state index contributed by atoms with van der Waals surface area (Å²) in [5.41, 5.74) is 2.33. The van der Waals surface area contributed by atoms with Gasteiger partial charge in [0, 0.05) is 12.0 Å². The Morgan fingerprint density at radius 1 is 1.14 bits per heavy atom. The minimum atomic E-state index is -0.188. The van der Waals surface area contributed by atoms with Crippen LogP contribution in [0.3, 0.4) is 0 Å². The second-order valence-electron chi connectivity index (χ2n) is 5.87. The molecule has 0 spiro atoms. The zero-order valence-electron chi connectivity index (χ0n) is 12.8. The van der Waals surface area contributed by atoms with Gasteiger partial charge in [-0.3, -0.25) is 0 Å². The molecule has 0 unspecified atom stereocenters. The lowest BCUT2D eigenvalue weighted by Crippen LogP contribution is -2.42. The van der Waals surface area contributed by atoms with Gasteiger partial charge in [-0.1, -0.05) is 43.7 Å². The van der Waals surface area contributed by atoms with Crippen molar-refractivity contribution >= 4 is 6.03 Å². The molecule has 4 heteroatoms. The molecule has 0 fully saturated rings. The van der Waals surface area contributed by atoms with Crippen LogP contribution in [-0.4, -0.2) is 12.6 Å². The van der Waals surface area contributed by atoms with E-state index in [2.05, 4.69) is 55.7 Å². The first-order valence-electron chi connectivity index (χ1n) is 7.08. The molecule has 0 atom stereocenters. The number of rotatable bonds is 5. The van der Waals surface area contributed by atoms with Crippen LogP contribution in [0.25, 0.3) is 0 Å². The molecular formula is C17H22N2O2. The van der Waals surface area contributed by atoms with Gasteiger partial charge >= 0.3 is 6.03 Å². The predicted molar refractivity (Wildman–Crippen MR) is 83.2 cm³/mol. The van der Waals surface area contributed by atoms with Crippen molar-refractivity contribution in [2.24, 2.45) is 0 Å². The van der Waals surface area contributed by atoms with Gasteiger partial charge in [0.05, 0.1) is 12.8 Å². The molecule has 0 aliphatic carbocycles. The van der Waals surface area contributed by atoms with Crippen molar-refractivity contribution in [3.8, 4) is 0 Å². The number of hydrogen-bond donors (Lipinski definition) is 2. The predicted octanol–water partition coefficient (Wildman–Crippen LogP) is 3.37. The lowest BCUT2D eigenvalue weighted by atomic mass is 9.84. The fourth-order valence-electron chi connectivity index (χ4n) is 2.05. The summed E-state index contributed by atoms with van der Waals surface area (Å²) in [5.74, 6) is 0.739. The number of benzene rings is 1. The Morgan fingerprint density at radius 2 is 1.86 bits per heavy atom. The third kappa shape index (κ3) is 4.38. The summed E-state index contributed by atoms with van der Waals surface area (Å²) in [6.07, 6.45) is 1.59. The number of furan rings is 1. The summed E-state index contributed by atoms with van der Waals surface area (Å²) in [6, 6.07) is 11.8. The van der Waals surface area contributed by atoms with Gasteiger partial charge in [0.15, 0.2) is 0 Å². The van der Waals surface area contributed by atoms with Crippen molar-refractivity contribution in [3.05, 3.63) is 59.5 Å². The van der Waals surface area contributed by atoms with E-state index in [-0.39, 0.29) is 11.4 Å². The van der Waals surface area contributed by atoms with E-state index in [0.717, 1.165) is 5.76 Å². The highest BCUT2D eigenvalue weighted by Gasteiger charge is 2.21. The van der Waals surface area contributed by atoms with Crippen molar-refractivity contribution in [1.29, 1.82) is 0 Å². The van der Waals surface area contributed by atoms with Crippen molar-refractivity contribution in [3.63, 3.8) is 0 Å². The standard InChI is InChI=1S/C17H22N2O2/c1-13-6-8-14(9-7-13)17(2,3)12-19-16(20)18-11-15-5-4-10-21-15/h4-10H,11-12H2,1-3H3,(H2,18,19,20). The number of carbonyl (C=O) groups excluding carboxylic acids is 1. The van der Waals surface area contributed by atoms with Crippen LogP contribution in [0, 0.1) is 6.92 Å². The van der Waals surface area contributed by atoms with E-state index in [1.807, 2.05) is 6.07 Å². The molecule has 21 heavy (non-hydrogen) atoms. The quantitative estimate of drug-likeness (QED) is 0.885. The summed E-state index contributed by atoms with van der Waals surface area (Å²) >= 11 is 0. The average Bonchev–Trinajstić information content (AvgIpc) is 2.97. The zero-order chi connectivity index (χ0) is 15.3. The molecule has 0 saturated carbocycles. The Hall–Kier alpha value is -2.23. The average molecular weight is 286 g/mol. The molecule has 0 saturated heterocycles. The SMILES string of the molecule is Cc1ccc(C(C)(C)CNC(=O)NCc2ccco2)cc1. The van der Waals surface area contributed by atoms with Crippen LogP contribution in [0.5, 0.6) is 0 Å². The number of aryl methyl sites for hydroxylation is 1. The van der Waals surface area contributed by atoms with Gasteiger partial charge in [-0.25, -0.2) is 4.79 Å². The van der Waals surface area contributed by atoms with E-state index >= 15 is 0 Å². The lowest BCUT2D eigenvalue weighted by molar-refractivity contribution is 0.237. The van der Waals surface area contributed by atoms with Crippen molar-refractivity contribution in [2.45, 2.75) is 32.7 Å². The summed E-state index contributed by atoms with van der Waals surface area (Å²) < 4.78 is 5.17. The molecule has 1 heterocycles. The molecule has 0 aliphatic heterocycles. The second-order valence-corrected chi connectivity index (χ2v) is 5.87. The van der Waals surface area contributed by atoms with Crippen LogP contribution in [0.1, 0.15) is 30.7 Å². The molecule has 2 aromatic rings. The van der Waals surface area contributed by atoms with E-state index in [9.17, 15) is 4.79 Å². The van der Waals surface area contributed by atoms with E-state index in [0.29, 0.717) is 13.1 Å². The van der Waals surface area contributed by atoms with Crippen LogP contribution in [0.2, 0.25) is 0 Å². The summed E-state index contributed by atoms with van der Waals surface area (Å²) in [4.78, 5) is 11.8. The zero-order valence-corrected chi connectivity index (χ0v) is 12.8. The third-order valence-electron chi connectivity index (χ3n) is 3.53. The van der Waals surface area contributed by atoms with Gasteiger partial charge in [-0.05, 0) is 24.6 Å². The van der Waals surface area contributed by atoms with Gasteiger partial charge in [0.2, 0.25) is 0 Å². The summed E-state index contributed by atoms with van der Waals surface area (Å²) in [7, 11) is 0. The largest absolute Gasteiger partial charge is 0.467 e. The van der Waals surface area contributed by atoms with Crippen molar-refractivity contribution < 1.29 is 9.21 Å². The number of carbonyl (C=O) groups is 1. The first-order valence-corrected chi connectivity index (χ1v) is 7.08. The molecule has 1 aromatic heterocycles. The third-order valence-corrected chi connectivity index (χ3v) is 3.53. The number of amides is 2. The Bertz CT molecular complexity index is 571. The molecule has 0 aliphatic rings. The lowest BCUT2D eigenvalue weighted by Gasteiger charge is -2.25. The Kier molecular flexibility index (Phi) is 4.68. The topological polar surface area (TPSA) is 54.3 Å². The van der Waals surface area contributed by atoms with Crippen LogP contribution < -0.4 is 10.6 Å². The van der Waals surface area contributed by atoms with Gasteiger partial charge in [0.25, 0.3) is 0 Å².